The molecule has 21 heavy (non-hydrogen) atoms. The third kappa shape index (κ3) is 4.16. The molecule has 2 aromatic rings. The van der Waals surface area contributed by atoms with Crippen molar-refractivity contribution >= 4 is 23.2 Å². The van der Waals surface area contributed by atoms with E-state index in [1.807, 2.05) is 6.92 Å². The zero-order valence-electron chi connectivity index (χ0n) is 11.5. The second-order valence-corrected chi connectivity index (χ2v) is 5.59. The average Bonchev–Trinajstić information content (AvgIpc) is 2.40. The SMILES string of the molecule is CCNC(Cc1c(F)cccc1F)c1cc(Cl)cc(Cl)c1. The van der Waals surface area contributed by atoms with Crippen LogP contribution in [-0.2, 0) is 6.42 Å². The van der Waals surface area contributed by atoms with Crippen molar-refractivity contribution in [2.24, 2.45) is 0 Å². The Bertz CT molecular complexity index is 591. The minimum absolute atomic E-state index is 0.0551. The first-order valence-electron chi connectivity index (χ1n) is 6.63. The maximum Gasteiger partial charge on any atom is 0.129 e. The lowest BCUT2D eigenvalue weighted by Gasteiger charge is -2.20. The third-order valence-corrected chi connectivity index (χ3v) is 3.64. The summed E-state index contributed by atoms with van der Waals surface area (Å²) in [5.74, 6) is -1.10. The summed E-state index contributed by atoms with van der Waals surface area (Å²) < 4.78 is 27.6. The van der Waals surface area contributed by atoms with Gasteiger partial charge in [0, 0.05) is 21.7 Å². The van der Waals surface area contributed by atoms with E-state index in [9.17, 15) is 8.78 Å². The second kappa shape index (κ2) is 7.21. The summed E-state index contributed by atoms with van der Waals surface area (Å²) in [6, 6.07) is 8.72. The lowest BCUT2D eigenvalue weighted by Crippen LogP contribution is -2.23. The predicted octanol–water partition coefficient (Wildman–Crippen LogP) is 5.16. The molecule has 1 atom stereocenters. The van der Waals surface area contributed by atoms with Crippen molar-refractivity contribution in [3.63, 3.8) is 0 Å². The van der Waals surface area contributed by atoms with Gasteiger partial charge in [-0.3, -0.25) is 0 Å². The number of benzene rings is 2. The van der Waals surface area contributed by atoms with Crippen LogP contribution in [0.15, 0.2) is 36.4 Å². The smallest absolute Gasteiger partial charge is 0.129 e. The molecule has 0 heterocycles. The number of nitrogens with one attached hydrogen (secondary N) is 1. The highest BCUT2D eigenvalue weighted by atomic mass is 35.5. The molecule has 112 valence electrons. The van der Waals surface area contributed by atoms with Crippen LogP contribution in [0.3, 0.4) is 0 Å². The van der Waals surface area contributed by atoms with Gasteiger partial charge in [0.05, 0.1) is 0 Å². The molecule has 0 radical (unpaired) electrons. The molecule has 5 heteroatoms. The Hall–Kier alpha value is -1.16. The van der Waals surface area contributed by atoms with Gasteiger partial charge in [0.25, 0.3) is 0 Å². The highest BCUT2D eigenvalue weighted by molar-refractivity contribution is 6.34. The maximum absolute atomic E-state index is 13.8. The van der Waals surface area contributed by atoms with Crippen LogP contribution in [0.25, 0.3) is 0 Å². The summed E-state index contributed by atoms with van der Waals surface area (Å²) in [5.41, 5.74) is 0.858. The van der Waals surface area contributed by atoms with Crippen LogP contribution < -0.4 is 5.32 Å². The Balaban J connectivity index is 2.35. The summed E-state index contributed by atoms with van der Waals surface area (Å²) in [5, 5.41) is 4.20. The Morgan fingerprint density at radius 2 is 1.62 bits per heavy atom. The van der Waals surface area contributed by atoms with Crippen molar-refractivity contribution in [1.29, 1.82) is 0 Å². The van der Waals surface area contributed by atoms with Crippen molar-refractivity contribution in [2.45, 2.75) is 19.4 Å². The Morgan fingerprint density at radius 1 is 1.05 bits per heavy atom. The predicted molar refractivity (Wildman–Crippen MR) is 82.9 cm³/mol. The van der Waals surface area contributed by atoms with Crippen LogP contribution >= 0.6 is 23.2 Å². The molecular formula is C16H15Cl2F2N. The fourth-order valence-electron chi connectivity index (χ4n) is 2.26. The molecule has 0 spiro atoms. The van der Waals surface area contributed by atoms with Crippen LogP contribution in [0, 0.1) is 11.6 Å². The van der Waals surface area contributed by atoms with Gasteiger partial charge in [-0.15, -0.1) is 0 Å². The summed E-state index contributed by atoms with van der Waals surface area (Å²) in [6.07, 6.45) is 0.184. The molecular weight excluding hydrogens is 315 g/mol. The van der Waals surface area contributed by atoms with E-state index in [1.165, 1.54) is 18.2 Å². The van der Waals surface area contributed by atoms with Crippen molar-refractivity contribution < 1.29 is 8.78 Å². The van der Waals surface area contributed by atoms with Gasteiger partial charge in [-0.25, -0.2) is 8.78 Å². The summed E-state index contributed by atoms with van der Waals surface area (Å²) >= 11 is 12.0. The number of rotatable bonds is 5. The molecule has 0 saturated heterocycles. The maximum atomic E-state index is 13.8. The molecule has 1 N–H and O–H groups in total. The Kier molecular flexibility index (Phi) is 5.57. The molecule has 0 aliphatic carbocycles. The molecule has 0 saturated carbocycles. The molecule has 0 fully saturated rings. The van der Waals surface area contributed by atoms with E-state index in [2.05, 4.69) is 5.32 Å². The van der Waals surface area contributed by atoms with E-state index in [0.29, 0.717) is 16.6 Å². The lowest BCUT2D eigenvalue weighted by molar-refractivity contribution is 0.499. The summed E-state index contributed by atoms with van der Waals surface area (Å²) in [6.45, 7) is 2.59. The number of hydrogen-bond acceptors (Lipinski definition) is 1. The van der Waals surface area contributed by atoms with E-state index >= 15 is 0 Å². The monoisotopic (exact) mass is 329 g/mol. The second-order valence-electron chi connectivity index (χ2n) is 4.72. The van der Waals surface area contributed by atoms with Crippen LogP contribution in [0.2, 0.25) is 10.0 Å². The zero-order valence-corrected chi connectivity index (χ0v) is 13.0. The van der Waals surface area contributed by atoms with Gasteiger partial charge in [-0.05, 0) is 48.9 Å². The molecule has 0 aliphatic heterocycles. The van der Waals surface area contributed by atoms with E-state index in [0.717, 1.165) is 5.56 Å². The Labute approximate surface area is 132 Å². The minimum atomic E-state index is -0.550. The Morgan fingerprint density at radius 3 is 2.14 bits per heavy atom. The van der Waals surface area contributed by atoms with E-state index < -0.39 is 11.6 Å². The summed E-state index contributed by atoms with van der Waals surface area (Å²) in [4.78, 5) is 0. The first-order valence-corrected chi connectivity index (χ1v) is 7.39. The fourth-order valence-corrected chi connectivity index (χ4v) is 2.81. The topological polar surface area (TPSA) is 12.0 Å². The van der Waals surface area contributed by atoms with Crippen molar-refractivity contribution in [3.8, 4) is 0 Å². The largest absolute Gasteiger partial charge is 0.310 e. The average molecular weight is 330 g/mol. The van der Waals surface area contributed by atoms with Gasteiger partial charge in [0.1, 0.15) is 11.6 Å². The van der Waals surface area contributed by atoms with E-state index in [4.69, 9.17) is 23.2 Å². The number of likely N-dealkylation sites (N-methyl/N-ethyl adjacent to an activating group) is 1. The van der Waals surface area contributed by atoms with Crippen LogP contribution in [0.4, 0.5) is 8.78 Å². The van der Waals surface area contributed by atoms with Crippen molar-refractivity contribution in [3.05, 3.63) is 69.2 Å². The van der Waals surface area contributed by atoms with Crippen molar-refractivity contribution in [2.75, 3.05) is 6.54 Å². The minimum Gasteiger partial charge on any atom is -0.310 e. The molecule has 0 aromatic heterocycles. The number of halogens is 4. The zero-order chi connectivity index (χ0) is 15.4. The first-order chi connectivity index (χ1) is 10.0. The quantitative estimate of drug-likeness (QED) is 0.798. The van der Waals surface area contributed by atoms with Gasteiger partial charge < -0.3 is 5.32 Å². The van der Waals surface area contributed by atoms with Crippen molar-refractivity contribution in [1.82, 2.24) is 5.32 Å². The fraction of sp³-hybridized carbons (Fsp3) is 0.250. The van der Waals surface area contributed by atoms with Gasteiger partial charge in [0.2, 0.25) is 0 Å². The molecule has 0 amide bonds. The molecule has 0 aliphatic rings. The van der Waals surface area contributed by atoms with Gasteiger partial charge in [-0.2, -0.15) is 0 Å². The summed E-state index contributed by atoms with van der Waals surface area (Å²) in [7, 11) is 0. The third-order valence-electron chi connectivity index (χ3n) is 3.21. The highest BCUT2D eigenvalue weighted by Crippen LogP contribution is 2.27. The molecule has 1 nitrogen and oxygen atoms in total. The molecule has 1 unspecified atom stereocenters. The highest BCUT2D eigenvalue weighted by Gasteiger charge is 2.17. The molecule has 2 aromatic carbocycles. The van der Waals surface area contributed by atoms with E-state index in [1.54, 1.807) is 18.2 Å². The van der Waals surface area contributed by atoms with Gasteiger partial charge >= 0.3 is 0 Å². The van der Waals surface area contributed by atoms with Gasteiger partial charge in [0.15, 0.2) is 0 Å². The molecule has 2 rings (SSSR count). The first kappa shape index (κ1) is 16.2. The normalized spacial score (nSPS) is 12.4. The van der Waals surface area contributed by atoms with E-state index in [-0.39, 0.29) is 18.0 Å². The van der Waals surface area contributed by atoms with Crippen LogP contribution in [0.5, 0.6) is 0 Å². The van der Waals surface area contributed by atoms with Gasteiger partial charge in [-0.1, -0.05) is 36.2 Å². The van der Waals surface area contributed by atoms with Crippen LogP contribution in [-0.4, -0.2) is 6.54 Å². The molecule has 0 bridgehead atoms. The lowest BCUT2D eigenvalue weighted by atomic mass is 9.98. The van der Waals surface area contributed by atoms with Crippen LogP contribution in [0.1, 0.15) is 24.1 Å². The standard InChI is InChI=1S/C16H15Cl2F2N/c1-2-21-16(10-6-11(17)8-12(18)7-10)9-13-14(19)4-3-5-15(13)20/h3-8,16,21H,2,9H2,1H3. The number of hydrogen-bond donors (Lipinski definition) is 1.